The standard InChI is InChI=1S/C25H24N2/c1-14-12-26-24(16(14)3)21-10-9-20-19-8-6-5-7-18(19)11-22(20)23(21)25-17(4)15(2)13-27-25/h5-10,12-13,26-27H,11H2,1-4H3. The van der Waals surface area contributed by atoms with Crippen LogP contribution in [0.25, 0.3) is 33.6 Å². The van der Waals surface area contributed by atoms with E-state index in [4.69, 9.17) is 0 Å². The second-order valence-corrected chi connectivity index (χ2v) is 7.79. The Bertz CT molecular complexity index is 1190. The third kappa shape index (κ3) is 2.26. The lowest BCUT2D eigenvalue weighted by atomic mass is 9.89. The highest BCUT2D eigenvalue weighted by Gasteiger charge is 2.26. The largest absolute Gasteiger partial charge is 0.361 e. The zero-order valence-electron chi connectivity index (χ0n) is 16.3. The van der Waals surface area contributed by atoms with Crippen molar-refractivity contribution >= 4 is 0 Å². The lowest BCUT2D eigenvalue weighted by Gasteiger charge is -2.16. The molecule has 0 fully saturated rings. The van der Waals surface area contributed by atoms with Crippen molar-refractivity contribution < 1.29 is 0 Å². The molecule has 0 saturated heterocycles. The first-order valence-corrected chi connectivity index (χ1v) is 9.60. The molecule has 2 heteroatoms. The van der Waals surface area contributed by atoms with Crippen LogP contribution in [0, 0.1) is 27.7 Å². The molecule has 2 aromatic heterocycles. The van der Waals surface area contributed by atoms with Gasteiger partial charge in [0.1, 0.15) is 0 Å². The molecule has 0 atom stereocenters. The van der Waals surface area contributed by atoms with E-state index in [1.165, 1.54) is 67.0 Å². The first kappa shape index (κ1) is 16.2. The number of aromatic amines is 2. The van der Waals surface area contributed by atoms with Crippen LogP contribution in [0.3, 0.4) is 0 Å². The van der Waals surface area contributed by atoms with Gasteiger partial charge in [-0.05, 0) is 78.6 Å². The van der Waals surface area contributed by atoms with Crippen LogP contribution in [0.2, 0.25) is 0 Å². The van der Waals surface area contributed by atoms with E-state index in [-0.39, 0.29) is 0 Å². The maximum absolute atomic E-state index is 3.57. The van der Waals surface area contributed by atoms with Crippen molar-refractivity contribution in [1.82, 2.24) is 9.97 Å². The third-order valence-corrected chi connectivity index (χ3v) is 6.31. The number of hydrogen-bond donors (Lipinski definition) is 2. The first-order chi connectivity index (χ1) is 13.1. The molecule has 0 amide bonds. The third-order valence-electron chi connectivity index (χ3n) is 6.31. The summed E-state index contributed by atoms with van der Waals surface area (Å²) in [4.78, 5) is 7.09. The maximum atomic E-state index is 3.57. The summed E-state index contributed by atoms with van der Waals surface area (Å²) in [6.45, 7) is 8.78. The van der Waals surface area contributed by atoms with Crippen LogP contribution in [0.5, 0.6) is 0 Å². The Hall–Kier alpha value is -3.00. The normalized spacial score (nSPS) is 12.3. The van der Waals surface area contributed by atoms with Gasteiger partial charge in [0.25, 0.3) is 0 Å². The zero-order valence-corrected chi connectivity index (χ0v) is 16.3. The summed E-state index contributed by atoms with van der Waals surface area (Å²) < 4.78 is 0. The van der Waals surface area contributed by atoms with Gasteiger partial charge in [-0.15, -0.1) is 0 Å². The monoisotopic (exact) mass is 352 g/mol. The number of fused-ring (bicyclic) bond motifs is 3. The first-order valence-electron chi connectivity index (χ1n) is 9.60. The summed E-state index contributed by atoms with van der Waals surface area (Å²) in [6, 6.07) is 13.4. The quantitative estimate of drug-likeness (QED) is 0.364. The zero-order chi connectivity index (χ0) is 18.7. The van der Waals surface area contributed by atoms with Crippen LogP contribution in [0.15, 0.2) is 48.8 Å². The van der Waals surface area contributed by atoms with Gasteiger partial charge >= 0.3 is 0 Å². The Morgan fingerprint density at radius 2 is 1.30 bits per heavy atom. The summed E-state index contributed by atoms with van der Waals surface area (Å²) in [6.07, 6.45) is 5.23. The van der Waals surface area contributed by atoms with E-state index >= 15 is 0 Å². The van der Waals surface area contributed by atoms with Crippen molar-refractivity contribution in [2.24, 2.45) is 0 Å². The number of rotatable bonds is 2. The SMILES string of the molecule is Cc1c[nH]c(-c2ccc3c(c2-c2[nH]cc(C)c2C)Cc2ccccc2-3)c1C. The van der Waals surface area contributed by atoms with Gasteiger partial charge < -0.3 is 9.97 Å². The number of H-pyrrole nitrogens is 2. The van der Waals surface area contributed by atoms with E-state index in [1.807, 2.05) is 0 Å². The second-order valence-electron chi connectivity index (χ2n) is 7.79. The fraction of sp³-hybridized carbons (Fsp3) is 0.200. The van der Waals surface area contributed by atoms with Crippen molar-refractivity contribution in [3.05, 3.63) is 82.2 Å². The summed E-state index contributed by atoms with van der Waals surface area (Å²) in [7, 11) is 0. The van der Waals surface area contributed by atoms with Gasteiger partial charge in [0.05, 0.1) is 0 Å². The molecule has 0 bridgehead atoms. The number of aromatic nitrogens is 2. The van der Waals surface area contributed by atoms with Crippen LogP contribution >= 0.6 is 0 Å². The lowest BCUT2D eigenvalue weighted by Crippen LogP contribution is -1.96. The fourth-order valence-electron chi connectivity index (χ4n) is 4.43. The lowest BCUT2D eigenvalue weighted by molar-refractivity contribution is 1.24. The van der Waals surface area contributed by atoms with Crippen molar-refractivity contribution in [3.63, 3.8) is 0 Å². The second kappa shape index (κ2) is 5.75. The molecule has 2 aromatic carbocycles. The molecule has 5 rings (SSSR count). The van der Waals surface area contributed by atoms with Gasteiger partial charge in [-0.25, -0.2) is 0 Å². The molecule has 1 aliphatic carbocycles. The Morgan fingerprint density at radius 1 is 0.667 bits per heavy atom. The summed E-state index contributed by atoms with van der Waals surface area (Å²) in [5.41, 5.74) is 16.0. The van der Waals surface area contributed by atoms with E-state index in [0.29, 0.717) is 0 Å². The van der Waals surface area contributed by atoms with Crippen molar-refractivity contribution in [1.29, 1.82) is 0 Å². The topological polar surface area (TPSA) is 31.6 Å². The van der Waals surface area contributed by atoms with E-state index in [0.717, 1.165) is 6.42 Å². The van der Waals surface area contributed by atoms with Crippen LogP contribution in [0.4, 0.5) is 0 Å². The molecule has 2 heterocycles. The highest BCUT2D eigenvalue weighted by atomic mass is 14.7. The number of nitrogens with one attached hydrogen (secondary N) is 2. The average molecular weight is 352 g/mol. The molecule has 27 heavy (non-hydrogen) atoms. The summed E-state index contributed by atoms with van der Waals surface area (Å²) in [5, 5.41) is 0. The predicted octanol–water partition coefficient (Wildman–Crippen LogP) is 6.48. The molecule has 134 valence electrons. The molecular weight excluding hydrogens is 328 g/mol. The van der Waals surface area contributed by atoms with Crippen molar-refractivity contribution in [2.45, 2.75) is 34.1 Å². The Kier molecular flexibility index (Phi) is 3.45. The van der Waals surface area contributed by atoms with Crippen molar-refractivity contribution in [3.8, 4) is 33.6 Å². The van der Waals surface area contributed by atoms with Gasteiger partial charge in [-0.1, -0.05) is 36.4 Å². The highest BCUT2D eigenvalue weighted by molar-refractivity contribution is 5.93. The van der Waals surface area contributed by atoms with Gasteiger partial charge in [-0.3, -0.25) is 0 Å². The average Bonchev–Trinajstić information content (AvgIpc) is 3.32. The summed E-state index contributed by atoms with van der Waals surface area (Å²) in [5.74, 6) is 0. The van der Waals surface area contributed by atoms with E-state index in [1.54, 1.807) is 0 Å². The van der Waals surface area contributed by atoms with Gasteiger partial charge in [-0.2, -0.15) is 0 Å². The smallest absolute Gasteiger partial charge is 0.0496 e. The van der Waals surface area contributed by atoms with E-state index < -0.39 is 0 Å². The van der Waals surface area contributed by atoms with Gasteiger partial charge in [0.2, 0.25) is 0 Å². The number of aryl methyl sites for hydroxylation is 2. The molecule has 0 radical (unpaired) electrons. The molecule has 2 N–H and O–H groups in total. The summed E-state index contributed by atoms with van der Waals surface area (Å²) >= 11 is 0. The molecule has 0 saturated carbocycles. The number of hydrogen-bond acceptors (Lipinski definition) is 0. The van der Waals surface area contributed by atoms with Crippen LogP contribution in [-0.4, -0.2) is 9.97 Å². The Morgan fingerprint density at radius 3 is 1.96 bits per heavy atom. The molecule has 0 unspecified atom stereocenters. The van der Waals surface area contributed by atoms with Crippen LogP contribution in [-0.2, 0) is 6.42 Å². The minimum atomic E-state index is 0.991. The Balaban J connectivity index is 1.85. The molecular formula is C25H24N2. The van der Waals surface area contributed by atoms with E-state index in [9.17, 15) is 0 Å². The van der Waals surface area contributed by atoms with Gasteiger partial charge in [0.15, 0.2) is 0 Å². The Labute approximate surface area is 160 Å². The molecule has 0 aliphatic heterocycles. The van der Waals surface area contributed by atoms with Gasteiger partial charge in [0, 0.05) is 34.9 Å². The van der Waals surface area contributed by atoms with Crippen molar-refractivity contribution in [2.75, 3.05) is 0 Å². The highest BCUT2D eigenvalue weighted by Crippen LogP contribution is 2.46. The fourth-order valence-corrected chi connectivity index (χ4v) is 4.43. The van der Waals surface area contributed by atoms with E-state index in [2.05, 4.69) is 86.5 Å². The molecule has 1 aliphatic rings. The minimum absolute atomic E-state index is 0.991. The molecule has 4 aromatic rings. The molecule has 2 nitrogen and oxygen atoms in total. The molecule has 0 spiro atoms. The minimum Gasteiger partial charge on any atom is -0.361 e. The van der Waals surface area contributed by atoms with Crippen LogP contribution < -0.4 is 0 Å². The maximum Gasteiger partial charge on any atom is 0.0496 e. The van der Waals surface area contributed by atoms with Crippen LogP contribution in [0.1, 0.15) is 33.4 Å². The number of benzene rings is 2. The predicted molar refractivity (Wildman–Crippen MR) is 113 cm³/mol.